The Morgan fingerprint density at radius 2 is 2.17 bits per heavy atom. The third kappa shape index (κ3) is 1.37. The van der Waals surface area contributed by atoms with E-state index in [1.54, 1.807) is 12.1 Å². The zero-order valence-corrected chi connectivity index (χ0v) is 7.20. The summed E-state index contributed by atoms with van der Waals surface area (Å²) in [5.74, 6) is 0.347. The number of benzene rings is 1. The lowest BCUT2D eigenvalue weighted by atomic mass is 10.3. The average molecular weight is 163 g/mol. The van der Waals surface area contributed by atoms with Gasteiger partial charge in [-0.15, -0.1) is 0 Å². The molecule has 1 N–H and O–H groups in total. The maximum Gasteiger partial charge on any atom is 0.117 e. The molecule has 2 heteroatoms. The highest BCUT2D eigenvalue weighted by atomic mass is 16.3. The molecule has 0 saturated heterocycles. The standard InChI is InChI=1S/C10H13NO/c1-11(8-5-6-8)9-3-2-4-10(12)7-9/h2-4,7-8,12H,5-6H2,1H3. The second kappa shape index (κ2) is 2.70. The van der Waals surface area contributed by atoms with E-state index in [2.05, 4.69) is 11.9 Å². The molecule has 0 radical (unpaired) electrons. The van der Waals surface area contributed by atoms with Crippen LogP contribution in [0.15, 0.2) is 24.3 Å². The highest BCUT2D eigenvalue weighted by Gasteiger charge is 2.26. The number of hydrogen-bond acceptors (Lipinski definition) is 2. The number of anilines is 1. The normalized spacial score (nSPS) is 16.1. The van der Waals surface area contributed by atoms with Crippen LogP contribution in [0.4, 0.5) is 5.69 Å². The maximum atomic E-state index is 9.24. The van der Waals surface area contributed by atoms with Crippen molar-refractivity contribution in [1.29, 1.82) is 0 Å². The molecule has 0 atom stereocenters. The molecule has 0 bridgehead atoms. The molecule has 0 amide bonds. The molecule has 64 valence electrons. The predicted molar refractivity (Wildman–Crippen MR) is 49.5 cm³/mol. The van der Waals surface area contributed by atoms with E-state index in [1.807, 2.05) is 12.1 Å². The lowest BCUT2D eigenvalue weighted by Gasteiger charge is -2.18. The largest absolute Gasteiger partial charge is 0.508 e. The van der Waals surface area contributed by atoms with E-state index in [4.69, 9.17) is 0 Å². The van der Waals surface area contributed by atoms with Crippen LogP contribution in [0.3, 0.4) is 0 Å². The average Bonchev–Trinajstić information content (AvgIpc) is 2.85. The van der Waals surface area contributed by atoms with Crippen LogP contribution in [0.5, 0.6) is 5.75 Å². The van der Waals surface area contributed by atoms with Gasteiger partial charge in [0.1, 0.15) is 5.75 Å². The van der Waals surface area contributed by atoms with Gasteiger partial charge >= 0.3 is 0 Å². The number of aromatic hydroxyl groups is 1. The Bertz CT molecular complexity index is 281. The van der Waals surface area contributed by atoms with Crippen molar-refractivity contribution in [2.75, 3.05) is 11.9 Å². The molecule has 1 aliphatic rings. The molecule has 12 heavy (non-hydrogen) atoms. The molecular weight excluding hydrogens is 150 g/mol. The van der Waals surface area contributed by atoms with E-state index < -0.39 is 0 Å². The van der Waals surface area contributed by atoms with Gasteiger partial charge in [-0.25, -0.2) is 0 Å². The molecule has 0 aliphatic heterocycles. The van der Waals surface area contributed by atoms with Crippen LogP contribution in [0.1, 0.15) is 12.8 Å². The zero-order chi connectivity index (χ0) is 8.55. The summed E-state index contributed by atoms with van der Waals surface area (Å²) in [6.07, 6.45) is 2.57. The van der Waals surface area contributed by atoms with Crippen molar-refractivity contribution in [3.63, 3.8) is 0 Å². The minimum atomic E-state index is 0.347. The smallest absolute Gasteiger partial charge is 0.117 e. The molecule has 0 heterocycles. The third-order valence-electron chi connectivity index (χ3n) is 2.33. The van der Waals surface area contributed by atoms with Crippen molar-refractivity contribution < 1.29 is 5.11 Å². The maximum absolute atomic E-state index is 9.24. The van der Waals surface area contributed by atoms with Crippen LogP contribution in [-0.4, -0.2) is 18.2 Å². The first-order valence-corrected chi connectivity index (χ1v) is 4.29. The minimum absolute atomic E-state index is 0.347. The fraction of sp³-hybridized carbons (Fsp3) is 0.400. The van der Waals surface area contributed by atoms with Crippen LogP contribution >= 0.6 is 0 Å². The van der Waals surface area contributed by atoms with Crippen LogP contribution in [0.25, 0.3) is 0 Å². The highest BCUT2D eigenvalue weighted by molar-refractivity contribution is 5.51. The molecule has 1 aromatic carbocycles. The number of nitrogens with zero attached hydrogens (tertiary/aromatic N) is 1. The molecule has 1 fully saturated rings. The van der Waals surface area contributed by atoms with E-state index in [-0.39, 0.29) is 0 Å². The van der Waals surface area contributed by atoms with Gasteiger partial charge in [-0.05, 0) is 25.0 Å². The number of phenols is 1. The second-order valence-electron chi connectivity index (χ2n) is 3.36. The van der Waals surface area contributed by atoms with E-state index in [0.717, 1.165) is 5.69 Å². The lowest BCUT2D eigenvalue weighted by Crippen LogP contribution is -2.18. The van der Waals surface area contributed by atoms with Gasteiger partial charge in [-0.3, -0.25) is 0 Å². The third-order valence-corrected chi connectivity index (χ3v) is 2.33. The zero-order valence-electron chi connectivity index (χ0n) is 7.20. The molecule has 2 nitrogen and oxygen atoms in total. The molecule has 0 spiro atoms. The van der Waals surface area contributed by atoms with Crippen molar-refractivity contribution in [2.45, 2.75) is 18.9 Å². The molecule has 2 rings (SSSR count). The minimum Gasteiger partial charge on any atom is -0.508 e. The number of rotatable bonds is 2. The summed E-state index contributed by atoms with van der Waals surface area (Å²) in [5.41, 5.74) is 1.11. The SMILES string of the molecule is CN(c1cccc(O)c1)C1CC1. The molecule has 1 saturated carbocycles. The predicted octanol–water partition coefficient (Wildman–Crippen LogP) is 1.99. The topological polar surface area (TPSA) is 23.5 Å². The Balaban J connectivity index is 2.20. The summed E-state index contributed by atoms with van der Waals surface area (Å²) < 4.78 is 0. The van der Waals surface area contributed by atoms with Gasteiger partial charge in [0.25, 0.3) is 0 Å². The molecule has 1 aliphatic carbocycles. The number of phenolic OH excluding ortho intramolecular Hbond substituents is 1. The summed E-state index contributed by atoms with van der Waals surface area (Å²) in [4.78, 5) is 2.22. The number of hydrogen-bond donors (Lipinski definition) is 1. The Morgan fingerprint density at radius 1 is 1.42 bits per heavy atom. The van der Waals surface area contributed by atoms with Gasteiger partial charge < -0.3 is 10.0 Å². The highest BCUT2D eigenvalue weighted by Crippen LogP contribution is 2.31. The van der Waals surface area contributed by atoms with Crippen molar-refractivity contribution in [3.05, 3.63) is 24.3 Å². The van der Waals surface area contributed by atoms with Crippen molar-refractivity contribution in [3.8, 4) is 5.75 Å². The quantitative estimate of drug-likeness (QED) is 0.720. The molecule has 0 unspecified atom stereocenters. The first-order valence-electron chi connectivity index (χ1n) is 4.29. The lowest BCUT2D eigenvalue weighted by molar-refractivity contribution is 0.475. The van der Waals surface area contributed by atoms with Crippen LogP contribution in [-0.2, 0) is 0 Å². The van der Waals surface area contributed by atoms with Gasteiger partial charge in [0.05, 0.1) is 0 Å². The van der Waals surface area contributed by atoms with Gasteiger partial charge in [-0.1, -0.05) is 6.07 Å². The van der Waals surface area contributed by atoms with E-state index in [0.29, 0.717) is 11.8 Å². The summed E-state index contributed by atoms with van der Waals surface area (Å²) >= 11 is 0. The van der Waals surface area contributed by atoms with E-state index >= 15 is 0 Å². The molecular formula is C10H13NO. The molecule has 0 aromatic heterocycles. The Morgan fingerprint density at radius 3 is 2.75 bits per heavy atom. The van der Waals surface area contributed by atoms with Crippen LogP contribution in [0.2, 0.25) is 0 Å². The van der Waals surface area contributed by atoms with Gasteiger partial charge in [0.2, 0.25) is 0 Å². The Kier molecular flexibility index (Phi) is 1.68. The fourth-order valence-electron chi connectivity index (χ4n) is 1.39. The van der Waals surface area contributed by atoms with E-state index in [9.17, 15) is 5.11 Å². The molecule has 1 aromatic rings. The van der Waals surface area contributed by atoms with Crippen molar-refractivity contribution >= 4 is 5.69 Å². The van der Waals surface area contributed by atoms with Gasteiger partial charge in [-0.2, -0.15) is 0 Å². The first-order chi connectivity index (χ1) is 5.77. The monoisotopic (exact) mass is 163 g/mol. The van der Waals surface area contributed by atoms with Crippen LogP contribution in [0, 0.1) is 0 Å². The van der Waals surface area contributed by atoms with Crippen molar-refractivity contribution in [1.82, 2.24) is 0 Å². The Labute approximate surface area is 72.4 Å². The summed E-state index contributed by atoms with van der Waals surface area (Å²) in [6.45, 7) is 0. The second-order valence-corrected chi connectivity index (χ2v) is 3.36. The first kappa shape index (κ1) is 7.47. The Hall–Kier alpha value is -1.18. The van der Waals surface area contributed by atoms with Gasteiger partial charge in [0.15, 0.2) is 0 Å². The summed E-state index contributed by atoms with van der Waals surface area (Å²) in [5, 5.41) is 9.24. The van der Waals surface area contributed by atoms with E-state index in [1.165, 1.54) is 12.8 Å². The summed E-state index contributed by atoms with van der Waals surface area (Å²) in [6, 6.07) is 8.11. The van der Waals surface area contributed by atoms with Crippen LogP contribution < -0.4 is 4.90 Å². The summed E-state index contributed by atoms with van der Waals surface area (Å²) in [7, 11) is 2.08. The fourth-order valence-corrected chi connectivity index (χ4v) is 1.39. The van der Waals surface area contributed by atoms with Crippen molar-refractivity contribution in [2.24, 2.45) is 0 Å². The van der Waals surface area contributed by atoms with Gasteiger partial charge in [0, 0.05) is 24.8 Å².